The van der Waals surface area contributed by atoms with E-state index in [0.29, 0.717) is 11.3 Å². The predicted octanol–water partition coefficient (Wildman–Crippen LogP) is 2.86. The lowest BCUT2D eigenvalue weighted by Gasteiger charge is -2.17. The summed E-state index contributed by atoms with van der Waals surface area (Å²) >= 11 is 0. The molecule has 7 heteroatoms. The van der Waals surface area contributed by atoms with Gasteiger partial charge >= 0.3 is 0 Å². The van der Waals surface area contributed by atoms with Gasteiger partial charge in [-0.05, 0) is 30.7 Å². The van der Waals surface area contributed by atoms with Crippen LogP contribution in [0.4, 0.5) is 15.8 Å². The second-order valence-corrected chi connectivity index (χ2v) is 5.56. The van der Waals surface area contributed by atoms with E-state index in [4.69, 9.17) is 0 Å². The fourth-order valence-electron chi connectivity index (χ4n) is 2.63. The highest BCUT2D eigenvalue weighted by Gasteiger charge is 2.26. The molecule has 0 atom stereocenters. The highest BCUT2D eigenvalue weighted by molar-refractivity contribution is 6.19. The molecule has 1 amide bonds. The summed E-state index contributed by atoms with van der Waals surface area (Å²) in [7, 11) is 1.57. The van der Waals surface area contributed by atoms with Gasteiger partial charge in [-0.15, -0.1) is 0 Å². The minimum atomic E-state index is -0.532. The van der Waals surface area contributed by atoms with Crippen LogP contribution in [0.3, 0.4) is 0 Å². The highest BCUT2D eigenvalue weighted by atomic mass is 19.1. The van der Waals surface area contributed by atoms with Crippen LogP contribution in [0.5, 0.6) is 0 Å². The number of nitro groups is 1. The van der Waals surface area contributed by atoms with E-state index in [9.17, 15) is 19.3 Å². The maximum atomic E-state index is 14.4. The van der Waals surface area contributed by atoms with Crippen LogP contribution >= 0.6 is 0 Å². The summed E-state index contributed by atoms with van der Waals surface area (Å²) < 4.78 is 14.4. The summed E-state index contributed by atoms with van der Waals surface area (Å²) in [4.78, 5) is 28.3. The van der Waals surface area contributed by atoms with Gasteiger partial charge < -0.3 is 4.90 Å². The molecule has 24 heavy (non-hydrogen) atoms. The first-order valence-electron chi connectivity index (χ1n) is 7.25. The number of fused-ring (bicyclic) bond motifs is 1. The van der Waals surface area contributed by atoms with Crippen molar-refractivity contribution >= 4 is 23.0 Å². The summed E-state index contributed by atoms with van der Waals surface area (Å²) in [6.07, 6.45) is 0. The maximum Gasteiger partial charge on any atom is 0.270 e. The van der Waals surface area contributed by atoms with E-state index in [1.54, 1.807) is 26.1 Å². The summed E-state index contributed by atoms with van der Waals surface area (Å²) in [5, 5.41) is 11.1. The maximum absolute atomic E-state index is 14.4. The Labute approximate surface area is 137 Å². The number of rotatable bonds is 2. The molecule has 1 aliphatic heterocycles. The molecule has 1 heterocycles. The van der Waals surface area contributed by atoms with E-state index in [-0.39, 0.29) is 29.4 Å². The number of carbonyl (C=O) groups is 1. The average Bonchev–Trinajstić information content (AvgIpc) is 2.66. The van der Waals surface area contributed by atoms with E-state index in [0.717, 1.165) is 5.56 Å². The molecule has 0 saturated heterocycles. The van der Waals surface area contributed by atoms with Gasteiger partial charge in [-0.2, -0.15) is 0 Å². The van der Waals surface area contributed by atoms with Crippen LogP contribution in [0.2, 0.25) is 0 Å². The topological polar surface area (TPSA) is 75.8 Å². The number of aliphatic imine (C=N–C) groups is 1. The van der Waals surface area contributed by atoms with Gasteiger partial charge in [0, 0.05) is 30.3 Å². The number of benzene rings is 2. The molecule has 1 aliphatic rings. The van der Waals surface area contributed by atoms with Crippen molar-refractivity contribution in [3.8, 4) is 0 Å². The van der Waals surface area contributed by atoms with Gasteiger partial charge in [-0.25, -0.2) is 4.39 Å². The Hall–Kier alpha value is -3.09. The molecule has 0 aromatic heterocycles. The minimum Gasteiger partial charge on any atom is -0.313 e. The van der Waals surface area contributed by atoms with Crippen LogP contribution in [-0.4, -0.2) is 30.1 Å². The fourth-order valence-corrected chi connectivity index (χ4v) is 2.63. The summed E-state index contributed by atoms with van der Waals surface area (Å²) in [6.45, 7) is 1.61. The minimum absolute atomic E-state index is 0.142. The number of amides is 1. The molecule has 0 fully saturated rings. The number of carbonyl (C=O) groups excluding carboxylic acids is 1. The highest BCUT2D eigenvalue weighted by Crippen LogP contribution is 2.30. The Morgan fingerprint density at radius 1 is 1.21 bits per heavy atom. The lowest BCUT2D eigenvalue weighted by atomic mass is 9.98. The second kappa shape index (κ2) is 5.84. The van der Waals surface area contributed by atoms with Crippen LogP contribution in [0.15, 0.2) is 41.4 Å². The molecule has 2 aromatic rings. The Bertz CT molecular complexity index is 893. The average molecular weight is 327 g/mol. The number of non-ortho nitro benzene ring substituents is 1. The summed E-state index contributed by atoms with van der Waals surface area (Å²) in [6, 6.07) is 8.79. The number of hydrogen-bond donors (Lipinski definition) is 0. The van der Waals surface area contributed by atoms with Gasteiger partial charge in [0.05, 0.1) is 16.3 Å². The molecule has 0 aliphatic carbocycles. The van der Waals surface area contributed by atoms with Crippen molar-refractivity contribution in [3.05, 3.63) is 69.0 Å². The molecule has 0 saturated carbocycles. The number of benzodiazepines with no additional fused rings is 1. The molecule has 0 N–H and O–H groups in total. The van der Waals surface area contributed by atoms with Gasteiger partial charge in [0.1, 0.15) is 12.4 Å². The number of nitrogens with zero attached hydrogens (tertiary/aromatic N) is 3. The van der Waals surface area contributed by atoms with Crippen molar-refractivity contribution in [1.29, 1.82) is 0 Å². The molecule has 3 rings (SSSR count). The van der Waals surface area contributed by atoms with Crippen LogP contribution in [-0.2, 0) is 4.79 Å². The van der Waals surface area contributed by atoms with E-state index in [1.165, 1.54) is 29.2 Å². The normalized spacial score (nSPS) is 14.0. The number of likely N-dealkylation sites (N-methyl/N-ethyl adjacent to an activating group) is 1. The standard InChI is InChI=1S/C17H14FN3O3/c1-10-3-5-12(14(18)7-10)17-13-8-11(21(23)24)4-6-15(13)20(2)16(22)9-19-17/h3-8H,9H2,1-2H3. The summed E-state index contributed by atoms with van der Waals surface area (Å²) in [5.41, 5.74) is 1.88. The number of hydrogen-bond acceptors (Lipinski definition) is 4. The van der Waals surface area contributed by atoms with Gasteiger partial charge in [0.2, 0.25) is 5.91 Å². The second-order valence-electron chi connectivity index (χ2n) is 5.56. The van der Waals surface area contributed by atoms with E-state index < -0.39 is 10.7 Å². The Morgan fingerprint density at radius 3 is 2.62 bits per heavy atom. The third-order valence-corrected chi connectivity index (χ3v) is 3.93. The van der Waals surface area contributed by atoms with Crippen molar-refractivity contribution in [3.63, 3.8) is 0 Å². The molecular weight excluding hydrogens is 313 g/mol. The zero-order valence-electron chi connectivity index (χ0n) is 13.1. The third-order valence-electron chi connectivity index (χ3n) is 3.93. The monoisotopic (exact) mass is 327 g/mol. The Balaban J connectivity index is 2.27. The van der Waals surface area contributed by atoms with E-state index in [2.05, 4.69) is 4.99 Å². The Kier molecular flexibility index (Phi) is 3.84. The smallest absolute Gasteiger partial charge is 0.270 e. The largest absolute Gasteiger partial charge is 0.313 e. The van der Waals surface area contributed by atoms with Gasteiger partial charge in [-0.1, -0.05) is 6.07 Å². The molecule has 0 bridgehead atoms. The lowest BCUT2D eigenvalue weighted by molar-refractivity contribution is -0.384. The first kappa shape index (κ1) is 15.8. The molecule has 2 aromatic carbocycles. The Morgan fingerprint density at radius 2 is 1.96 bits per heavy atom. The first-order valence-corrected chi connectivity index (χ1v) is 7.25. The number of nitro benzene ring substituents is 1. The summed E-state index contributed by atoms with van der Waals surface area (Å²) in [5.74, 6) is -0.754. The zero-order valence-corrected chi connectivity index (χ0v) is 13.1. The molecular formula is C17H14FN3O3. The fraction of sp³-hybridized carbons (Fsp3) is 0.176. The molecule has 0 unspecified atom stereocenters. The molecule has 6 nitrogen and oxygen atoms in total. The number of aryl methyl sites for hydroxylation is 1. The quantitative estimate of drug-likeness (QED) is 0.629. The van der Waals surface area contributed by atoms with E-state index >= 15 is 0 Å². The SMILES string of the molecule is Cc1ccc(C2=NCC(=O)N(C)c3ccc([N+](=O)[O-])cc32)c(F)c1. The van der Waals surface area contributed by atoms with Crippen LogP contribution in [0, 0.1) is 22.9 Å². The third kappa shape index (κ3) is 2.64. The first-order chi connectivity index (χ1) is 11.4. The van der Waals surface area contributed by atoms with E-state index in [1.807, 2.05) is 0 Å². The zero-order chi connectivity index (χ0) is 17.4. The van der Waals surface area contributed by atoms with Crippen LogP contribution in [0.25, 0.3) is 0 Å². The van der Waals surface area contributed by atoms with Gasteiger partial charge in [0.25, 0.3) is 5.69 Å². The molecule has 122 valence electrons. The predicted molar refractivity (Wildman–Crippen MR) is 88.1 cm³/mol. The van der Waals surface area contributed by atoms with Crippen LogP contribution < -0.4 is 4.90 Å². The van der Waals surface area contributed by atoms with Gasteiger partial charge in [-0.3, -0.25) is 19.9 Å². The lowest BCUT2D eigenvalue weighted by Crippen LogP contribution is -2.27. The van der Waals surface area contributed by atoms with Crippen molar-refractivity contribution < 1.29 is 14.1 Å². The molecule has 0 spiro atoms. The van der Waals surface area contributed by atoms with Gasteiger partial charge in [0.15, 0.2) is 0 Å². The van der Waals surface area contributed by atoms with Crippen molar-refractivity contribution in [2.24, 2.45) is 4.99 Å². The van der Waals surface area contributed by atoms with Crippen molar-refractivity contribution in [1.82, 2.24) is 0 Å². The van der Waals surface area contributed by atoms with Crippen molar-refractivity contribution in [2.75, 3.05) is 18.5 Å². The molecule has 0 radical (unpaired) electrons. The van der Waals surface area contributed by atoms with Crippen molar-refractivity contribution in [2.45, 2.75) is 6.92 Å². The number of halogens is 1. The number of anilines is 1. The van der Waals surface area contributed by atoms with Crippen LogP contribution in [0.1, 0.15) is 16.7 Å².